The molecule has 3 aromatic rings. The number of rotatable bonds is 4. The van der Waals surface area contributed by atoms with E-state index in [9.17, 15) is 13.0 Å². The predicted octanol–water partition coefficient (Wildman–Crippen LogP) is 3.12. The minimum atomic E-state index is -4.47. The van der Waals surface area contributed by atoms with Crippen molar-refractivity contribution in [2.24, 2.45) is 5.84 Å². The van der Waals surface area contributed by atoms with Crippen LogP contribution in [0.3, 0.4) is 0 Å². The van der Waals surface area contributed by atoms with Gasteiger partial charge in [-0.2, -0.15) is 8.42 Å². The summed E-state index contributed by atoms with van der Waals surface area (Å²) in [6.07, 6.45) is 0. The van der Waals surface area contributed by atoms with E-state index in [0.29, 0.717) is 16.5 Å². The molecule has 6 nitrogen and oxygen atoms in total. The summed E-state index contributed by atoms with van der Waals surface area (Å²) in [5.41, 5.74) is 3.80. The summed E-state index contributed by atoms with van der Waals surface area (Å²) in [7, 11) is -4.47. The first-order chi connectivity index (χ1) is 11.0. The number of anilines is 3. The van der Waals surface area contributed by atoms with Crippen molar-refractivity contribution in [2.75, 3.05) is 10.7 Å². The lowest BCUT2D eigenvalue weighted by atomic mass is 10.1. The molecule has 118 valence electrons. The molecule has 7 heteroatoms. The van der Waals surface area contributed by atoms with Crippen LogP contribution in [0.15, 0.2) is 65.6 Å². The lowest BCUT2D eigenvalue weighted by Crippen LogP contribution is -2.12. The van der Waals surface area contributed by atoms with Crippen molar-refractivity contribution < 1.29 is 13.0 Å². The van der Waals surface area contributed by atoms with Gasteiger partial charge in [0, 0.05) is 16.8 Å². The average Bonchev–Trinajstić information content (AvgIpc) is 2.54. The molecular formula is C16H15N3O3S. The van der Waals surface area contributed by atoms with E-state index in [0.717, 1.165) is 5.69 Å². The summed E-state index contributed by atoms with van der Waals surface area (Å²) in [6.45, 7) is 0. The van der Waals surface area contributed by atoms with Gasteiger partial charge in [-0.1, -0.05) is 36.4 Å². The Labute approximate surface area is 133 Å². The summed E-state index contributed by atoms with van der Waals surface area (Å²) in [6, 6.07) is 17.9. The molecule has 0 aliphatic rings. The summed E-state index contributed by atoms with van der Waals surface area (Å²) >= 11 is 0. The fraction of sp³-hybridized carbons (Fsp3) is 0. The van der Waals surface area contributed by atoms with Crippen molar-refractivity contribution in [3.05, 3.63) is 60.7 Å². The highest BCUT2D eigenvalue weighted by atomic mass is 32.2. The van der Waals surface area contributed by atoms with Crippen LogP contribution in [0.25, 0.3) is 10.8 Å². The molecule has 0 aromatic heterocycles. The lowest BCUT2D eigenvalue weighted by molar-refractivity contribution is 0.484. The highest BCUT2D eigenvalue weighted by Gasteiger charge is 2.21. The van der Waals surface area contributed by atoms with E-state index in [1.807, 2.05) is 30.3 Å². The summed E-state index contributed by atoms with van der Waals surface area (Å²) < 4.78 is 33.4. The van der Waals surface area contributed by atoms with Crippen LogP contribution in [0, 0.1) is 0 Å². The number of nitrogens with two attached hydrogens (primary N) is 1. The molecule has 3 aromatic carbocycles. The number of nitrogens with one attached hydrogen (secondary N) is 2. The first-order valence-electron chi connectivity index (χ1n) is 6.82. The lowest BCUT2D eigenvalue weighted by Gasteiger charge is -2.15. The maximum atomic E-state index is 11.9. The summed E-state index contributed by atoms with van der Waals surface area (Å²) in [5, 5.41) is 4.20. The van der Waals surface area contributed by atoms with Gasteiger partial charge in [0.2, 0.25) is 0 Å². The second-order valence-corrected chi connectivity index (χ2v) is 6.31. The Balaban J connectivity index is 2.31. The van der Waals surface area contributed by atoms with E-state index < -0.39 is 10.1 Å². The molecule has 0 heterocycles. The van der Waals surface area contributed by atoms with Crippen LogP contribution in [0.1, 0.15) is 0 Å². The predicted molar refractivity (Wildman–Crippen MR) is 91.3 cm³/mol. The van der Waals surface area contributed by atoms with Gasteiger partial charge in [-0.25, -0.2) is 0 Å². The molecule has 3 rings (SSSR count). The molecule has 0 amide bonds. The maximum absolute atomic E-state index is 11.9. The third kappa shape index (κ3) is 2.98. The number of hydrogen-bond acceptors (Lipinski definition) is 5. The third-order valence-electron chi connectivity index (χ3n) is 3.46. The van der Waals surface area contributed by atoms with Crippen LogP contribution >= 0.6 is 0 Å². The Hall–Kier alpha value is -2.61. The first-order valence-corrected chi connectivity index (χ1v) is 8.26. The van der Waals surface area contributed by atoms with Crippen LogP contribution in [0.2, 0.25) is 0 Å². The Morgan fingerprint density at radius 2 is 1.61 bits per heavy atom. The van der Waals surface area contributed by atoms with Crippen LogP contribution in [0.4, 0.5) is 17.1 Å². The minimum Gasteiger partial charge on any atom is -0.355 e. The van der Waals surface area contributed by atoms with Gasteiger partial charge < -0.3 is 10.7 Å². The van der Waals surface area contributed by atoms with Gasteiger partial charge in [0.1, 0.15) is 4.90 Å². The van der Waals surface area contributed by atoms with Crippen molar-refractivity contribution in [2.45, 2.75) is 4.90 Å². The van der Waals surface area contributed by atoms with Crippen molar-refractivity contribution in [3.8, 4) is 0 Å². The second kappa shape index (κ2) is 5.88. The summed E-state index contributed by atoms with van der Waals surface area (Å²) in [5.74, 6) is 5.40. The van der Waals surface area contributed by atoms with E-state index in [4.69, 9.17) is 5.84 Å². The van der Waals surface area contributed by atoms with Crippen LogP contribution in [0.5, 0.6) is 0 Å². The molecular weight excluding hydrogens is 314 g/mol. The normalized spacial score (nSPS) is 11.4. The number of hydrogen-bond donors (Lipinski definition) is 4. The van der Waals surface area contributed by atoms with Gasteiger partial charge in [0.15, 0.2) is 0 Å². The highest BCUT2D eigenvalue weighted by Crippen LogP contribution is 2.36. The van der Waals surface area contributed by atoms with Crippen molar-refractivity contribution in [1.82, 2.24) is 0 Å². The zero-order valence-corrected chi connectivity index (χ0v) is 12.8. The highest BCUT2D eigenvalue weighted by molar-refractivity contribution is 7.86. The van der Waals surface area contributed by atoms with Gasteiger partial charge in [-0.3, -0.25) is 10.4 Å². The smallest absolute Gasteiger partial charge is 0.297 e. The van der Waals surface area contributed by atoms with Crippen LogP contribution < -0.4 is 16.6 Å². The largest absolute Gasteiger partial charge is 0.355 e. The molecule has 0 aliphatic carbocycles. The Bertz CT molecular complexity index is 957. The molecule has 0 spiro atoms. The van der Waals surface area contributed by atoms with E-state index in [1.54, 1.807) is 24.3 Å². The molecule has 0 aliphatic heterocycles. The zero-order chi connectivity index (χ0) is 16.4. The second-order valence-electron chi connectivity index (χ2n) is 4.96. The van der Waals surface area contributed by atoms with E-state index in [2.05, 4.69) is 10.7 Å². The van der Waals surface area contributed by atoms with Gasteiger partial charge in [0.25, 0.3) is 10.1 Å². The SMILES string of the molecule is NNc1ccc2cccc(Nc3ccccc3)c2c1S(=O)(=O)O. The Morgan fingerprint density at radius 1 is 0.870 bits per heavy atom. The Morgan fingerprint density at radius 3 is 2.26 bits per heavy atom. The van der Waals surface area contributed by atoms with Gasteiger partial charge in [0.05, 0.1) is 5.69 Å². The monoisotopic (exact) mass is 329 g/mol. The minimum absolute atomic E-state index is 0.127. The molecule has 0 unspecified atom stereocenters. The van der Waals surface area contributed by atoms with Crippen LogP contribution in [-0.2, 0) is 10.1 Å². The van der Waals surface area contributed by atoms with Crippen molar-refractivity contribution in [3.63, 3.8) is 0 Å². The third-order valence-corrected chi connectivity index (χ3v) is 4.40. The number of nitrogen functional groups attached to an aromatic ring is 1. The fourth-order valence-electron chi connectivity index (χ4n) is 2.51. The number of para-hydroxylation sites is 1. The van der Waals surface area contributed by atoms with Gasteiger partial charge in [-0.05, 0) is 29.7 Å². The Kier molecular flexibility index (Phi) is 3.91. The quantitative estimate of drug-likeness (QED) is 0.333. The number of benzene rings is 3. The van der Waals surface area contributed by atoms with E-state index in [1.165, 1.54) is 6.07 Å². The number of hydrazine groups is 1. The molecule has 0 radical (unpaired) electrons. The molecule has 5 N–H and O–H groups in total. The molecule has 23 heavy (non-hydrogen) atoms. The molecule has 0 saturated carbocycles. The maximum Gasteiger partial charge on any atom is 0.297 e. The number of fused-ring (bicyclic) bond motifs is 1. The summed E-state index contributed by atoms with van der Waals surface area (Å²) in [4.78, 5) is -0.253. The van der Waals surface area contributed by atoms with Crippen LogP contribution in [-0.4, -0.2) is 13.0 Å². The average molecular weight is 329 g/mol. The fourth-order valence-corrected chi connectivity index (χ4v) is 3.40. The molecule has 0 saturated heterocycles. The standard InChI is InChI=1S/C16H15N3O3S/c17-19-14-10-9-11-5-4-8-13(15(11)16(14)23(20,21)22)18-12-6-2-1-3-7-12/h1-10,18-19H,17H2,(H,20,21,22). The molecule has 0 bridgehead atoms. The van der Waals surface area contributed by atoms with E-state index >= 15 is 0 Å². The first kappa shape index (κ1) is 15.3. The molecule has 0 atom stereocenters. The molecule has 0 fully saturated rings. The van der Waals surface area contributed by atoms with Crippen molar-refractivity contribution in [1.29, 1.82) is 0 Å². The van der Waals surface area contributed by atoms with Gasteiger partial charge in [-0.15, -0.1) is 0 Å². The van der Waals surface area contributed by atoms with Crippen molar-refractivity contribution >= 4 is 38.0 Å². The van der Waals surface area contributed by atoms with Gasteiger partial charge >= 0.3 is 0 Å². The van der Waals surface area contributed by atoms with E-state index in [-0.39, 0.29) is 10.6 Å². The zero-order valence-electron chi connectivity index (χ0n) is 12.0. The topological polar surface area (TPSA) is 104 Å².